The summed E-state index contributed by atoms with van der Waals surface area (Å²) in [5.74, 6) is 0.0251. The third kappa shape index (κ3) is 3.13. The first kappa shape index (κ1) is 13.1. The molecule has 19 heavy (non-hydrogen) atoms. The Morgan fingerprint density at radius 3 is 2.37 bits per heavy atom. The molecule has 2 aromatic rings. The van der Waals surface area contributed by atoms with Crippen molar-refractivity contribution in [2.75, 3.05) is 7.11 Å². The number of hydrogen-bond donors (Lipinski definition) is 1. The van der Waals surface area contributed by atoms with Crippen molar-refractivity contribution in [3.63, 3.8) is 0 Å². The molecule has 2 aromatic carbocycles. The molecule has 0 heterocycles. The molecule has 98 valence electrons. The van der Waals surface area contributed by atoms with Crippen molar-refractivity contribution in [2.45, 2.75) is 13.3 Å². The van der Waals surface area contributed by atoms with Crippen LogP contribution < -0.4 is 4.74 Å². The molecule has 0 aliphatic carbocycles. The molecule has 0 aromatic heterocycles. The molecule has 2 rings (SSSR count). The lowest BCUT2D eigenvalue weighted by Gasteiger charge is -2.09. The van der Waals surface area contributed by atoms with Gasteiger partial charge < -0.3 is 9.84 Å². The molecule has 0 fully saturated rings. The van der Waals surface area contributed by atoms with E-state index in [0.717, 1.165) is 28.0 Å². The average Bonchev–Trinajstić information content (AvgIpc) is 2.39. The smallest absolute Gasteiger partial charge is 0.307 e. The number of ether oxygens (including phenoxy) is 1. The standard InChI is InChI=1S/C16H16O3/c1-11-9-14(19-2)7-8-15(11)13-5-3-12(4-6-13)10-16(17)18/h3-9H,10H2,1-2H3,(H,17,18). The van der Waals surface area contributed by atoms with Gasteiger partial charge in [0.2, 0.25) is 0 Å². The van der Waals surface area contributed by atoms with Gasteiger partial charge >= 0.3 is 5.97 Å². The number of methoxy groups -OCH3 is 1. The van der Waals surface area contributed by atoms with Gasteiger partial charge in [0.15, 0.2) is 0 Å². The van der Waals surface area contributed by atoms with Crippen LogP contribution in [0.2, 0.25) is 0 Å². The Morgan fingerprint density at radius 1 is 1.16 bits per heavy atom. The Kier molecular flexibility index (Phi) is 3.85. The molecule has 3 heteroatoms. The molecule has 0 bridgehead atoms. The van der Waals surface area contributed by atoms with Crippen LogP contribution in [0.5, 0.6) is 5.75 Å². The summed E-state index contributed by atoms with van der Waals surface area (Å²) in [6, 6.07) is 13.5. The predicted octanol–water partition coefficient (Wildman–Crippen LogP) is 3.30. The third-order valence-corrected chi connectivity index (χ3v) is 3.05. The minimum absolute atomic E-state index is 0.0574. The Bertz CT molecular complexity index is 585. The highest BCUT2D eigenvalue weighted by molar-refractivity contribution is 5.72. The van der Waals surface area contributed by atoms with Crippen LogP contribution >= 0.6 is 0 Å². The molecule has 0 aliphatic heterocycles. The highest BCUT2D eigenvalue weighted by Gasteiger charge is 2.05. The normalized spacial score (nSPS) is 10.2. The minimum Gasteiger partial charge on any atom is -0.497 e. The highest BCUT2D eigenvalue weighted by atomic mass is 16.5. The first-order valence-corrected chi connectivity index (χ1v) is 6.06. The fourth-order valence-corrected chi connectivity index (χ4v) is 2.06. The van der Waals surface area contributed by atoms with E-state index in [0.29, 0.717) is 0 Å². The van der Waals surface area contributed by atoms with E-state index in [1.54, 1.807) is 7.11 Å². The van der Waals surface area contributed by atoms with Crippen molar-refractivity contribution in [3.8, 4) is 16.9 Å². The first-order chi connectivity index (χ1) is 9.10. The average molecular weight is 256 g/mol. The minimum atomic E-state index is -0.812. The van der Waals surface area contributed by atoms with E-state index >= 15 is 0 Å². The molecule has 0 spiro atoms. The van der Waals surface area contributed by atoms with Crippen LogP contribution in [0.1, 0.15) is 11.1 Å². The summed E-state index contributed by atoms with van der Waals surface area (Å²) < 4.78 is 5.18. The Labute approximate surface area is 112 Å². The van der Waals surface area contributed by atoms with E-state index in [1.807, 2.05) is 49.4 Å². The Balaban J connectivity index is 2.29. The second-order valence-electron chi connectivity index (χ2n) is 4.45. The zero-order valence-electron chi connectivity index (χ0n) is 11.0. The fourth-order valence-electron chi connectivity index (χ4n) is 2.06. The molecule has 0 saturated heterocycles. The van der Waals surface area contributed by atoms with Crippen LogP contribution in [0.4, 0.5) is 0 Å². The maximum absolute atomic E-state index is 10.6. The Hall–Kier alpha value is -2.29. The van der Waals surface area contributed by atoms with Crippen molar-refractivity contribution < 1.29 is 14.6 Å². The largest absolute Gasteiger partial charge is 0.497 e. The van der Waals surface area contributed by atoms with E-state index < -0.39 is 5.97 Å². The molecule has 0 unspecified atom stereocenters. The van der Waals surface area contributed by atoms with E-state index in [2.05, 4.69) is 0 Å². The van der Waals surface area contributed by atoms with E-state index in [4.69, 9.17) is 9.84 Å². The number of hydrogen-bond acceptors (Lipinski definition) is 2. The van der Waals surface area contributed by atoms with Crippen molar-refractivity contribution in [1.82, 2.24) is 0 Å². The van der Waals surface area contributed by atoms with Crippen molar-refractivity contribution in [2.24, 2.45) is 0 Å². The van der Waals surface area contributed by atoms with Gasteiger partial charge in [-0.2, -0.15) is 0 Å². The van der Waals surface area contributed by atoms with Crippen LogP contribution in [0.3, 0.4) is 0 Å². The quantitative estimate of drug-likeness (QED) is 0.913. The van der Waals surface area contributed by atoms with Crippen molar-refractivity contribution in [1.29, 1.82) is 0 Å². The molecule has 1 N–H and O–H groups in total. The van der Waals surface area contributed by atoms with Gasteiger partial charge in [-0.15, -0.1) is 0 Å². The maximum atomic E-state index is 10.6. The molecular formula is C16H16O3. The topological polar surface area (TPSA) is 46.5 Å². The summed E-state index contributed by atoms with van der Waals surface area (Å²) >= 11 is 0. The zero-order valence-corrected chi connectivity index (χ0v) is 11.0. The SMILES string of the molecule is COc1ccc(-c2ccc(CC(=O)O)cc2)c(C)c1. The zero-order chi connectivity index (χ0) is 13.8. The van der Waals surface area contributed by atoms with Gasteiger partial charge in [-0.1, -0.05) is 30.3 Å². The molecule has 0 radical (unpaired) electrons. The van der Waals surface area contributed by atoms with E-state index in [9.17, 15) is 4.79 Å². The van der Waals surface area contributed by atoms with Crippen LogP contribution in [0.15, 0.2) is 42.5 Å². The van der Waals surface area contributed by atoms with E-state index in [-0.39, 0.29) is 6.42 Å². The second-order valence-corrected chi connectivity index (χ2v) is 4.45. The van der Waals surface area contributed by atoms with Crippen LogP contribution in [0, 0.1) is 6.92 Å². The second kappa shape index (κ2) is 5.57. The molecule has 0 atom stereocenters. The van der Waals surface area contributed by atoms with Crippen molar-refractivity contribution >= 4 is 5.97 Å². The molecule has 3 nitrogen and oxygen atoms in total. The van der Waals surface area contributed by atoms with Gasteiger partial charge in [0, 0.05) is 0 Å². The van der Waals surface area contributed by atoms with Gasteiger partial charge in [0.25, 0.3) is 0 Å². The number of aryl methyl sites for hydroxylation is 1. The van der Waals surface area contributed by atoms with Crippen LogP contribution in [-0.4, -0.2) is 18.2 Å². The summed E-state index contributed by atoms with van der Waals surface area (Å²) in [5.41, 5.74) is 4.14. The summed E-state index contributed by atoms with van der Waals surface area (Å²) in [7, 11) is 1.65. The third-order valence-electron chi connectivity index (χ3n) is 3.05. The molecular weight excluding hydrogens is 240 g/mol. The Morgan fingerprint density at radius 2 is 1.84 bits per heavy atom. The molecule has 0 aliphatic rings. The highest BCUT2D eigenvalue weighted by Crippen LogP contribution is 2.27. The summed E-state index contributed by atoms with van der Waals surface area (Å²) in [6.45, 7) is 2.03. The maximum Gasteiger partial charge on any atom is 0.307 e. The van der Waals surface area contributed by atoms with Gasteiger partial charge in [-0.3, -0.25) is 4.79 Å². The molecule has 0 saturated carbocycles. The fraction of sp³-hybridized carbons (Fsp3) is 0.188. The lowest BCUT2D eigenvalue weighted by molar-refractivity contribution is -0.136. The monoisotopic (exact) mass is 256 g/mol. The van der Waals surface area contributed by atoms with Gasteiger partial charge in [-0.05, 0) is 41.3 Å². The number of carbonyl (C=O) groups is 1. The van der Waals surface area contributed by atoms with Gasteiger partial charge in [0.05, 0.1) is 13.5 Å². The van der Waals surface area contributed by atoms with Gasteiger partial charge in [0.1, 0.15) is 5.75 Å². The summed E-state index contributed by atoms with van der Waals surface area (Å²) in [4.78, 5) is 10.6. The van der Waals surface area contributed by atoms with Gasteiger partial charge in [-0.25, -0.2) is 0 Å². The summed E-state index contributed by atoms with van der Waals surface area (Å²) in [6.07, 6.45) is 0.0574. The predicted molar refractivity (Wildman–Crippen MR) is 74.5 cm³/mol. The molecule has 0 amide bonds. The number of carboxylic acid groups (broad SMARTS) is 1. The van der Waals surface area contributed by atoms with E-state index in [1.165, 1.54) is 0 Å². The number of aliphatic carboxylic acids is 1. The lowest BCUT2D eigenvalue weighted by Crippen LogP contribution is -1.99. The van der Waals surface area contributed by atoms with Crippen molar-refractivity contribution in [3.05, 3.63) is 53.6 Å². The number of carboxylic acids is 1. The number of benzene rings is 2. The lowest BCUT2D eigenvalue weighted by atomic mass is 9.99. The summed E-state index contributed by atoms with van der Waals surface area (Å²) in [5, 5.41) is 8.74. The van der Waals surface area contributed by atoms with Crippen LogP contribution in [0.25, 0.3) is 11.1 Å². The van der Waals surface area contributed by atoms with Crippen LogP contribution in [-0.2, 0) is 11.2 Å². The number of rotatable bonds is 4. The first-order valence-electron chi connectivity index (χ1n) is 6.06.